The minimum Gasteiger partial charge on any atom is -0.306 e. The van der Waals surface area contributed by atoms with E-state index in [1.54, 1.807) is 6.07 Å². The molecule has 92 valence electrons. The van der Waals surface area contributed by atoms with E-state index >= 15 is 0 Å². The highest BCUT2D eigenvalue weighted by molar-refractivity contribution is 6.18. The van der Waals surface area contributed by atoms with Gasteiger partial charge in [-0.25, -0.2) is 4.79 Å². The fourth-order valence-corrected chi connectivity index (χ4v) is 1.55. The molecule has 0 bridgehead atoms. The third kappa shape index (κ3) is 3.71. The van der Waals surface area contributed by atoms with Crippen LogP contribution >= 0.6 is 11.6 Å². The molecule has 0 spiro atoms. The summed E-state index contributed by atoms with van der Waals surface area (Å²) in [4.78, 5) is 22.1. The van der Waals surface area contributed by atoms with Gasteiger partial charge in [-0.2, -0.15) is 5.01 Å². The molecule has 0 fully saturated rings. The van der Waals surface area contributed by atoms with E-state index in [4.69, 9.17) is 11.6 Å². The van der Waals surface area contributed by atoms with Crippen molar-refractivity contribution in [3.05, 3.63) is 34.2 Å². The SMILES string of the molecule is Cc1ccc(NC(=O)N(CCCl)N=O)c(C)c1. The molecule has 6 heteroatoms. The number of benzene rings is 1. The number of halogens is 1. The summed E-state index contributed by atoms with van der Waals surface area (Å²) in [7, 11) is 0. The zero-order valence-corrected chi connectivity index (χ0v) is 10.5. The lowest BCUT2D eigenvalue weighted by Crippen LogP contribution is -2.31. The van der Waals surface area contributed by atoms with Crippen LogP contribution in [0.2, 0.25) is 0 Å². The quantitative estimate of drug-likeness (QED) is 0.511. The van der Waals surface area contributed by atoms with Crippen molar-refractivity contribution in [2.45, 2.75) is 13.8 Å². The van der Waals surface area contributed by atoms with Gasteiger partial charge < -0.3 is 5.32 Å². The lowest BCUT2D eigenvalue weighted by molar-refractivity contribution is 0.216. The Labute approximate surface area is 105 Å². The number of nitroso groups, excluding NO2 is 1. The molecule has 0 aromatic heterocycles. The third-order valence-corrected chi connectivity index (χ3v) is 2.42. The molecule has 1 N–H and O–H groups in total. The molecule has 17 heavy (non-hydrogen) atoms. The van der Waals surface area contributed by atoms with E-state index in [0.29, 0.717) is 5.69 Å². The van der Waals surface area contributed by atoms with Gasteiger partial charge in [-0.15, -0.1) is 16.5 Å². The second kappa shape index (κ2) is 6.20. The first kappa shape index (κ1) is 13.4. The molecule has 0 saturated carbocycles. The van der Waals surface area contributed by atoms with Crippen molar-refractivity contribution < 1.29 is 4.79 Å². The molecule has 0 atom stereocenters. The summed E-state index contributed by atoms with van der Waals surface area (Å²) in [6.45, 7) is 3.93. The van der Waals surface area contributed by atoms with E-state index in [1.807, 2.05) is 26.0 Å². The van der Waals surface area contributed by atoms with Crippen molar-refractivity contribution in [2.75, 3.05) is 17.7 Å². The molecule has 5 nitrogen and oxygen atoms in total. The summed E-state index contributed by atoms with van der Waals surface area (Å²) in [6, 6.07) is 5.03. The van der Waals surface area contributed by atoms with Gasteiger partial charge >= 0.3 is 6.03 Å². The average molecular weight is 256 g/mol. The van der Waals surface area contributed by atoms with Gasteiger partial charge in [-0.3, -0.25) is 0 Å². The zero-order chi connectivity index (χ0) is 12.8. The van der Waals surface area contributed by atoms with Crippen molar-refractivity contribution >= 4 is 23.3 Å². The Kier molecular flexibility index (Phi) is 4.90. The van der Waals surface area contributed by atoms with Crippen molar-refractivity contribution in [1.29, 1.82) is 0 Å². The third-order valence-electron chi connectivity index (χ3n) is 2.25. The molecule has 0 radical (unpaired) electrons. The molecule has 1 aromatic carbocycles. The predicted molar refractivity (Wildman–Crippen MR) is 68.2 cm³/mol. The van der Waals surface area contributed by atoms with Crippen molar-refractivity contribution in [3.8, 4) is 0 Å². The highest BCUT2D eigenvalue weighted by Crippen LogP contribution is 2.16. The Hall–Kier alpha value is -1.62. The van der Waals surface area contributed by atoms with E-state index in [9.17, 15) is 9.70 Å². The monoisotopic (exact) mass is 255 g/mol. The lowest BCUT2D eigenvalue weighted by atomic mass is 10.1. The highest BCUT2D eigenvalue weighted by atomic mass is 35.5. The first-order valence-electron chi connectivity index (χ1n) is 5.13. The number of nitrogens with one attached hydrogen (secondary N) is 1. The Morgan fingerprint density at radius 2 is 2.18 bits per heavy atom. The lowest BCUT2D eigenvalue weighted by Gasteiger charge is -2.14. The number of nitrogens with zero attached hydrogens (tertiary/aromatic N) is 2. The van der Waals surface area contributed by atoms with Gasteiger partial charge in [0, 0.05) is 11.6 Å². The number of carbonyl (C=O) groups is 1. The normalized spacial score (nSPS) is 9.82. The zero-order valence-electron chi connectivity index (χ0n) is 9.74. The number of amides is 2. The van der Waals surface area contributed by atoms with Gasteiger partial charge in [-0.05, 0) is 25.5 Å². The second-order valence-corrected chi connectivity index (χ2v) is 4.02. The van der Waals surface area contributed by atoms with E-state index in [-0.39, 0.29) is 12.4 Å². The van der Waals surface area contributed by atoms with E-state index in [1.165, 1.54) is 0 Å². The molecule has 0 aliphatic rings. The van der Waals surface area contributed by atoms with Crippen LogP contribution in [0.5, 0.6) is 0 Å². The van der Waals surface area contributed by atoms with Gasteiger partial charge in [0.15, 0.2) is 0 Å². The number of anilines is 1. The maximum Gasteiger partial charge on any atom is 0.344 e. The molecule has 0 aliphatic heterocycles. The number of aryl methyl sites for hydroxylation is 2. The molecule has 0 saturated heterocycles. The minimum atomic E-state index is -0.576. The van der Waals surface area contributed by atoms with Crippen LogP contribution in [0.3, 0.4) is 0 Å². The fraction of sp³-hybridized carbons (Fsp3) is 0.364. The van der Waals surface area contributed by atoms with Crippen LogP contribution in [0.25, 0.3) is 0 Å². The number of urea groups is 1. The average Bonchev–Trinajstić information content (AvgIpc) is 2.29. The summed E-state index contributed by atoms with van der Waals surface area (Å²) >= 11 is 5.45. The number of carbonyl (C=O) groups excluding carboxylic acids is 1. The number of hydrogen-bond acceptors (Lipinski definition) is 3. The fourth-order valence-electron chi connectivity index (χ4n) is 1.39. The highest BCUT2D eigenvalue weighted by Gasteiger charge is 2.14. The minimum absolute atomic E-state index is 0.0851. The van der Waals surface area contributed by atoms with E-state index in [0.717, 1.165) is 16.1 Å². The molecular formula is C11H14ClN3O2. The van der Waals surface area contributed by atoms with Crippen molar-refractivity contribution in [2.24, 2.45) is 5.29 Å². The summed E-state index contributed by atoms with van der Waals surface area (Å²) in [6.07, 6.45) is 0. The van der Waals surface area contributed by atoms with Crippen molar-refractivity contribution in [3.63, 3.8) is 0 Å². The molecule has 2 amide bonds. The Bertz CT molecular complexity index is 423. The van der Waals surface area contributed by atoms with Gasteiger partial charge in [0.2, 0.25) is 0 Å². The van der Waals surface area contributed by atoms with Crippen LogP contribution in [0.4, 0.5) is 10.5 Å². The van der Waals surface area contributed by atoms with Crippen LogP contribution in [-0.4, -0.2) is 23.5 Å². The van der Waals surface area contributed by atoms with Gasteiger partial charge in [0.25, 0.3) is 0 Å². The Morgan fingerprint density at radius 1 is 1.47 bits per heavy atom. The maximum absolute atomic E-state index is 11.6. The molecule has 0 aliphatic carbocycles. The molecule has 1 rings (SSSR count). The van der Waals surface area contributed by atoms with Crippen LogP contribution in [-0.2, 0) is 0 Å². The Balaban J connectivity index is 2.76. The standard InChI is InChI=1S/C11H14ClN3O2/c1-8-3-4-10(9(2)7-8)13-11(16)15(14-17)6-5-12/h3-4,7H,5-6H2,1-2H3,(H,13,16). The smallest absolute Gasteiger partial charge is 0.306 e. The van der Waals surface area contributed by atoms with Gasteiger partial charge in [-0.1, -0.05) is 17.7 Å². The van der Waals surface area contributed by atoms with E-state index in [2.05, 4.69) is 10.6 Å². The van der Waals surface area contributed by atoms with Gasteiger partial charge in [0.05, 0.1) is 11.8 Å². The number of alkyl halides is 1. The van der Waals surface area contributed by atoms with Crippen LogP contribution in [0, 0.1) is 18.8 Å². The summed E-state index contributed by atoms with van der Waals surface area (Å²) in [5.41, 5.74) is 2.69. The second-order valence-electron chi connectivity index (χ2n) is 3.64. The Morgan fingerprint density at radius 3 is 2.71 bits per heavy atom. The summed E-state index contributed by atoms with van der Waals surface area (Å²) in [5, 5.41) is 5.97. The van der Waals surface area contributed by atoms with Crippen LogP contribution in [0.1, 0.15) is 11.1 Å². The molecular weight excluding hydrogens is 242 g/mol. The van der Waals surface area contributed by atoms with Crippen molar-refractivity contribution in [1.82, 2.24) is 5.01 Å². The van der Waals surface area contributed by atoms with Crippen LogP contribution in [0.15, 0.2) is 23.5 Å². The first-order valence-corrected chi connectivity index (χ1v) is 5.67. The number of rotatable bonds is 4. The summed E-state index contributed by atoms with van der Waals surface area (Å²) < 4.78 is 0. The summed E-state index contributed by atoms with van der Waals surface area (Å²) in [5.74, 6) is 0.159. The number of hydrogen-bond donors (Lipinski definition) is 1. The molecule has 0 heterocycles. The maximum atomic E-state index is 11.6. The van der Waals surface area contributed by atoms with E-state index < -0.39 is 6.03 Å². The predicted octanol–water partition coefficient (Wildman–Crippen LogP) is 3.06. The topological polar surface area (TPSA) is 61.8 Å². The largest absolute Gasteiger partial charge is 0.344 e. The first-order chi connectivity index (χ1) is 8.08. The molecule has 1 aromatic rings. The van der Waals surface area contributed by atoms with Gasteiger partial charge in [0.1, 0.15) is 0 Å². The van der Waals surface area contributed by atoms with Crippen LogP contribution < -0.4 is 5.32 Å². The molecule has 0 unspecified atom stereocenters.